The molecule has 2 rings (SSSR count). The fourth-order valence-electron chi connectivity index (χ4n) is 3.39. The van der Waals surface area contributed by atoms with Crippen LogP contribution in [0.2, 0.25) is 0 Å². The second-order valence-corrected chi connectivity index (χ2v) is 5.28. The predicted octanol–water partition coefficient (Wildman–Crippen LogP) is 1.01. The molecule has 2 atom stereocenters. The quantitative estimate of drug-likeness (QED) is 0.778. The minimum Gasteiger partial charge on any atom is -0.481 e. The molecule has 1 aliphatic carbocycles. The maximum absolute atomic E-state index is 11.5. The minimum absolute atomic E-state index is 0.246. The number of Topliss-reactive ketones (excluding diaryl/α,β-unsaturated/α-hetero) is 1. The molecule has 1 heterocycles. The second kappa shape index (κ2) is 4.53. The van der Waals surface area contributed by atoms with Crippen LogP contribution >= 0.6 is 0 Å². The highest BCUT2D eigenvalue weighted by Crippen LogP contribution is 2.40. The lowest BCUT2D eigenvalue weighted by Gasteiger charge is -2.45. The molecule has 0 spiro atoms. The average molecular weight is 225 g/mol. The molecule has 2 unspecified atom stereocenters. The van der Waals surface area contributed by atoms with Crippen LogP contribution in [0.1, 0.15) is 25.7 Å². The van der Waals surface area contributed by atoms with Crippen molar-refractivity contribution in [1.82, 2.24) is 4.90 Å². The van der Waals surface area contributed by atoms with Gasteiger partial charge in [-0.2, -0.15) is 0 Å². The summed E-state index contributed by atoms with van der Waals surface area (Å²) >= 11 is 0. The number of carboxylic acids is 1. The number of hydrogen-bond donors (Lipinski definition) is 1. The van der Waals surface area contributed by atoms with Crippen molar-refractivity contribution in [2.45, 2.75) is 25.7 Å². The van der Waals surface area contributed by atoms with E-state index in [0.29, 0.717) is 36.4 Å². The van der Waals surface area contributed by atoms with E-state index in [2.05, 4.69) is 11.9 Å². The van der Waals surface area contributed by atoms with Gasteiger partial charge in [-0.25, -0.2) is 0 Å². The fraction of sp³-hybridized carbons (Fsp3) is 0.833. The lowest BCUT2D eigenvalue weighted by atomic mass is 9.67. The molecule has 0 aromatic rings. The lowest BCUT2D eigenvalue weighted by Crippen LogP contribution is -2.49. The van der Waals surface area contributed by atoms with Crippen LogP contribution in [-0.4, -0.2) is 41.9 Å². The summed E-state index contributed by atoms with van der Waals surface area (Å²) < 4.78 is 0. The Morgan fingerprint density at radius 3 is 2.44 bits per heavy atom. The Hall–Kier alpha value is -0.900. The normalized spacial score (nSPS) is 35.1. The number of carboxylic acid groups (broad SMARTS) is 1. The van der Waals surface area contributed by atoms with Crippen LogP contribution in [0.15, 0.2) is 0 Å². The Kier molecular flexibility index (Phi) is 3.28. The Morgan fingerprint density at radius 2 is 1.94 bits per heavy atom. The van der Waals surface area contributed by atoms with E-state index >= 15 is 0 Å². The van der Waals surface area contributed by atoms with Gasteiger partial charge in [-0.1, -0.05) is 0 Å². The van der Waals surface area contributed by atoms with Gasteiger partial charge in [0.2, 0.25) is 0 Å². The number of ketones is 1. The summed E-state index contributed by atoms with van der Waals surface area (Å²) in [5.41, 5.74) is 0. The van der Waals surface area contributed by atoms with Crippen molar-refractivity contribution in [1.29, 1.82) is 0 Å². The van der Waals surface area contributed by atoms with Crippen molar-refractivity contribution < 1.29 is 14.7 Å². The smallest absolute Gasteiger partial charge is 0.303 e. The monoisotopic (exact) mass is 225 g/mol. The van der Waals surface area contributed by atoms with E-state index in [-0.39, 0.29) is 6.42 Å². The van der Waals surface area contributed by atoms with Gasteiger partial charge in [-0.05, 0) is 31.2 Å². The van der Waals surface area contributed by atoms with E-state index < -0.39 is 5.97 Å². The number of hydrogen-bond acceptors (Lipinski definition) is 3. The van der Waals surface area contributed by atoms with Gasteiger partial charge < -0.3 is 10.0 Å². The van der Waals surface area contributed by atoms with Crippen LogP contribution in [0.3, 0.4) is 0 Å². The van der Waals surface area contributed by atoms with Crippen LogP contribution in [0.5, 0.6) is 0 Å². The summed E-state index contributed by atoms with van der Waals surface area (Å²) in [7, 11) is 2.09. The molecule has 0 radical (unpaired) electrons. The highest BCUT2D eigenvalue weighted by molar-refractivity contribution is 5.80. The van der Waals surface area contributed by atoms with E-state index in [0.717, 1.165) is 19.5 Å². The Labute approximate surface area is 95.6 Å². The Balaban J connectivity index is 2.01. The zero-order valence-corrected chi connectivity index (χ0v) is 9.69. The third kappa shape index (κ3) is 2.43. The summed E-state index contributed by atoms with van der Waals surface area (Å²) in [6, 6.07) is 0. The zero-order chi connectivity index (χ0) is 11.7. The lowest BCUT2D eigenvalue weighted by molar-refractivity contribution is -0.138. The van der Waals surface area contributed by atoms with E-state index in [4.69, 9.17) is 5.11 Å². The molecule has 2 fully saturated rings. The number of rotatable bonds is 3. The minimum atomic E-state index is -0.719. The van der Waals surface area contributed by atoms with Crippen molar-refractivity contribution in [2.24, 2.45) is 17.8 Å². The molecule has 0 amide bonds. The van der Waals surface area contributed by atoms with Gasteiger partial charge in [-0.3, -0.25) is 9.59 Å². The topological polar surface area (TPSA) is 57.6 Å². The molecule has 1 aliphatic heterocycles. The summed E-state index contributed by atoms with van der Waals surface area (Å²) in [5, 5.41) is 8.73. The van der Waals surface area contributed by atoms with Crippen LogP contribution in [-0.2, 0) is 9.59 Å². The molecule has 1 saturated carbocycles. The van der Waals surface area contributed by atoms with Crippen molar-refractivity contribution in [3.63, 3.8) is 0 Å². The summed E-state index contributed by atoms with van der Waals surface area (Å²) in [6.45, 7) is 1.90. The maximum atomic E-state index is 11.5. The van der Waals surface area contributed by atoms with Gasteiger partial charge in [0.25, 0.3) is 0 Å². The van der Waals surface area contributed by atoms with Crippen molar-refractivity contribution >= 4 is 11.8 Å². The molecule has 90 valence electrons. The predicted molar refractivity (Wildman–Crippen MR) is 59.1 cm³/mol. The zero-order valence-electron chi connectivity index (χ0n) is 9.69. The Bertz CT molecular complexity index is 285. The molecule has 2 bridgehead atoms. The first-order valence-corrected chi connectivity index (χ1v) is 5.98. The molecule has 2 aliphatic rings. The number of nitrogens with zero attached hydrogens (tertiary/aromatic N) is 1. The summed E-state index contributed by atoms with van der Waals surface area (Å²) in [6.07, 6.45) is 2.30. The Morgan fingerprint density at radius 1 is 1.38 bits per heavy atom. The van der Waals surface area contributed by atoms with Gasteiger partial charge in [0.05, 0.1) is 0 Å². The molecular weight excluding hydrogens is 206 g/mol. The van der Waals surface area contributed by atoms with E-state index in [9.17, 15) is 9.59 Å². The average Bonchev–Trinajstić information content (AvgIpc) is 2.13. The standard InChI is InChI=1S/C12H19NO3/c1-13-6-8-4-10(14)5-9(7-13)11(8)2-3-12(15)16/h8-9,11H,2-7H2,1H3,(H,15,16). The van der Waals surface area contributed by atoms with Crippen LogP contribution in [0.4, 0.5) is 0 Å². The van der Waals surface area contributed by atoms with E-state index in [1.165, 1.54) is 0 Å². The molecule has 0 aromatic heterocycles. The van der Waals surface area contributed by atoms with Gasteiger partial charge in [0.1, 0.15) is 5.78 Å². The third-order valence-electron chi connectivity index (χ3n) is 3.97. The maximum Gasteiger partial charge on any atom is 0.303 e. The molecule has 16 heavy (non-hydrogen) atoms. The van der Waals surface area contributed by atoms with Crippen molar-refractivity contribution in [2.75, 3.05) is 20.1 Å². The number of fused-ring (bicyclic) bond motifs is 2. The SMILES string of the molecule is CN1CC2CC(=O)CC(C1)C2CCC(=O)O. The molecule has 1 N–H and O–H groups in total. The molecule has 0 aromatic carbocycles. The van der Waals surface area contributed by atoms with Crippen LogP contribution in [0, 0.1) is 17.8 Å². The van der Waals surface area contributed by atoms with Crippen LogP contribution < -0.4 is 0 Å². The summed E-state index contributed by atoms with van der Waals surface area (Å²) in [4.78, 5) is 24.4. The largest absolute Gasteiger partial charge is 0.481 e. The number of carbonyl (C=O) groups excluding carboxylic acids is 1. The second-order valence-electron chi connectivity index (χ2n) is 5.28. The first kappa shape index (κ1) is 11.6. The molecular formula is C12H19NO3. The van der Waals surface area contributed by atoms with Gasteiger partial charge >= 0.3 is 5.97 Å². The van der Waals surface area contributed by atoms with Crippen molar-refractivity contribution in [3.8, 4) is 0 Å². The van der Waals surface area contributed by atoms with Crippen molar-refractivity contribution in [3.05, 3.63) is 0 Å². The highest BCUT2D eigenvalue weighted by Gasteiger charge is 2.41. The first-order chi connectivity index (χ1) is 7.56. The molecule has 1 saturated heterocycles. The van der Waals surface area contributed by atoms with Gasteiger partial charge in [0, 0.05) is 32.4 Å². The van der Waals surface area contributed by atoms with Crippen LogP contribution in [0.25, 0.3) is 0 Å². The number of piperidine rings is 1. The first-order valence-electron chi connectivity index (χ1n) is 5.98. The van der Waals surface area contributed by atoms with E-state index in [1.807, 2.05) is 0 Å². The number of likely N-dealkylation sites (tertiary alicyclic amines) is 1. The third-order valence-corrected chi connectivity index (χ3v) is 3.97. The van der Waals surface area contributed by atoms with E-state index in [1.54, 1.807) is 0 Å². The number of aliphatic carboxylic acids is 1. The highest BCUT2D eigenvalue weighted by atomic mass is 16.4. The fourth-order valence-corrected chi connectivity index (χ4v) is 3.39. The summed E-state index contributed by atoms with van der Waals surface area (Å²) in [5.74, 6) is 0.886. The van der Waals surface area contributed by atoms with Gasteiger partial charge in [-0.15, -0.1) is 0 Å². The molecule has 4 nitrogen and oxygen atoms in total. The number of carbonyl (C=O) groups is 2. The van der Waals surface area contributed by atoms with Gasteiger partial charge in [0.15, 0.2) is 0 Å². The molecule has 4 heteroatoms.